The lowest BCUT2D eigenvalue weighted by molar-refractivity contribution is -0.139. The van der Waals surface area contributed by atoms with Crippen LogP contribution in [0.3, 0.4) is 0 Å². The highest BCUT2D eigenvalue weighted by Crippen LogP contribution is 2.27. The van der Waals surface area contributed by atoms with Crippen molar-refractivity contribution in [3.8, 4) is 11.5 Å². The first-order valence-corrected chi connectivity index (χ1v) is 8.59. The second kappa shape index (κ2) is 8.76. The summed E-state index contributed by atoms with van der Waals surface area (Å²) in [6.07, 6.45) is 0. The summed E-state index contributed by atoms with van der Waals surface area (Å²) in [7, 11) is 0. The second-order valence-electron chi connectivity index (χ2n) is 6.09. The highest BCUT2D eigenvalue weighted by Gasteiger charge is 2.04. The van der Waals surface area contributed by atoms with E-state index in [-0.39, 0.29) is 6.61 Å². The summed E-state index contributed by atoms with van der Waals surface area (Å²) < 4.78 is 11.1. The minimum atomic E-state index is -1.00. The van der Waals surface area contributed by atoms with Crippen molar-refractivity contribution in [2.75, 3.05) is 11.9 Å². The Kier molecular flexibility index (Phi) is 5.94. The van der Waals surface area contributed by atoms with E-state index in [2.05, 4.69) is 5.32 Å². The van der Waals surface area contributed by atoms with Crippen LogP contribution < -0.4 is 14.8 Å². The third-order valence-corrected chi connectivity index (χ3v) is 3.92. The number of nitrogens with one attached hydrogen (secondary N) is 1. The van der Waals surface area contributed by atoms with Crippen LogP contribution in [0.25, 0.3) is 0 Å². The van der Waals surface area contributed by atoms with E-state index < -0.39 is 5.97 Å². The predicted octanol–water partition coefficient (Wildman–Crippen LogP) is 4.78. The number of rotatable bonds is 8. The minimum Gasteiger partial charge on any atom is -0.489 e. The normalized spacial score (nSPS) is 10.3. The molecule has 0 aliphatic carbocycles. The molecule has 5 nitrogen and oxygen atoms in total. The first-order valence-electron chi connectivity index (χ1n) is 8.59. The SMILES string of the molecule is Cc1cc(OCc2ccccc2)ccc1Nc1cccc(OCC(=O)O)c1. The van der Waals surface area contributed by atoms with Gasteiger partial charge in [0.15, 0.2) is 6.61 Å². The van der Waals surface area contributed by atoms with Crippen molar-refractivity contribution in [3.63, 3.8) is 0 Å². The van der Waals surface area contributed by atoms with Gasteiger partial charge in [-0.1, -0.05) is 36.4 Å². The zero-order chi connectivity index (χ0) is 19.1. The lowest BCUT2D eigenvalue weighted by Gasteiger charge is -2.13. The summed E-state index contributed by atoms with van der Waals surface area (Å²) >= 11 is 0. The van der Waals surface area contributed by atoms with Gasteiger partial charge in [0.25, 0.3) is 0 Å². The molecule has 3 aromatic carbocycles. The molecule has 0 saturated heterocycles. The highest BCUT2D eigenvalue weighted by atomic mass is 16.5. The zero-order valence-electron chi connectivity index (χ0n) is 15.0. The van der Waals surface area contributed by atoms with Crippen LogP contribution in [-0.2, 0) is 11.4 Å². The molecule has 3 rings (SSSR count). The Balaban J connectivity index is 1.64. The van der Waals surface area contributed by atoms with Gasteiger partial charge in [-0.2, -0.15) is 0 Å². The van der Waals surface area contributed by atoms with Crippen LogP contribution in [0.15, 0.2) is 72.8 Å². The molecule has 0 amide bonds. The Hall–Kier alpha value is -3.47. The average Bonchev–Trinajstić information content (AvgIpc) is 2.68. The molecule has 0 aromatic heterocycles. The number of hydrogen-bond donors (Lipinski definition) is 2. The largest absolute Gasteiger partial charge is 0.489 e. The van der Waals surface area contributed by atoms with Crippen molar-refractivity contribution < 1.29 is 19.4 Å². The molecule has 0 aliphatic heterocycles. The number of aryl methyl sites for hydroxylation is 1. The molecule has 3 aromatic rings. The van der Waals surface area contributed by atoms with E-state index in [9.17, 15) is 4.79 Å². The molecule has 0 aliphatic rings. The summed E-state index contributed by atoms with van der Waals surface area (Å²) in [5.74, 6) is 0.304. The number of carboxylic acids is 1. The summed E-state index contributed by atoms with van der Waals surface area (Å²) in [6.45, 7) is 2.16. The van der Waals surface area contributed by atoms with Gasteiger partial charge in [-0.15, -0.1) is 0 Å². The Bertz CT molecular complexity index is 909. The Morgan fingerprint density at radius 2 is 1.70 bits per heavy atom. The molecule has 0 saturated carbocycles. The molecule has 138 valence electrons. The van der Waals surface area contributed by atoms with Crippen molar-refractivity contribution in [2.45, 2.75) is 13.5 Å². The zero-order valence-corrected chi connectivity index (χ0v) is 15.0. The Morgan fingerprint density at radius 1 is 0.926 bits per heavy atom. The van der Waals surface area contributed by atoms with E-state index in [1.54, 1.807) is 12.1 Å². The van der Waals surface area contributed by atoms with Gasteiger partial charge in [0.05, 0.1) is 0 Å². The van der Waals surface area contributed by atoms with E-state index >= 15 is 0 Å². The molecule has 0 fully saturated rings. The number of benzene rings is 3. The van der Waals surface area contributed by atoms with E-state index in [4.69, 9.17) is 14.6 Å². The van der Waals surface area contributed by atoms with E-state index in [0.29, 0.717) is 12.4 Å². The monoisotopic (exact) mass is 363 g/mol. The minimum absolute atomic E-state index is 0.365. The molecular formula is C22H21NO4. The number of hydrogen-bond acceptors (Lipinski definition) is 4. The third-order valence-electron chi connectivity index (χ3n) is 3.92. The molecule has 0 radical (unpaired) electrons. The van der Waals surface area contributed by atoms with Crippen molar-refractivity contribution >= 4 is 17.3 Å². The summed E-state index contributed by atoms with van der Waals surface area (Å²) in [5, 5.41) is 12.0. The molecular weight excluding hydrogens is 342 g/mol. The van der Waals surface area contributed by atoms with Gasteiger partial charge in [0, 0.05) is 17.4 Å². The van der Waals surface area contributed by atoms with Crippen LogP contribution in [0.5, 0.6) is 11.5 Å². The standard InChI is InChI=1S/C22H21NO4/c1-16-12-20(26-14-17-6-3-2-4-7-17)10-11-21(16)23-18-8-5-9-19(13-18)27-15-22(24)25/h2-13,23H,14-15H2,1H3,(H,24,25). The summed E-state index contributed by atoms with van der Waals surface area (Å²) in [4.78, 5) is 10.6. The lowest BCUT2D eigenvalue weighted by atomic mass is 10.1. The maximum absolute atomic E-state index is 10.6. The molecule has 0 unspecified atom stereocenters. The van der Waals surface area contributed by atoms with Crippen molar-refractivity contribution in [1.82, 2.24) is 0 Å². The number of carbonyl (C=O) groups is 1. The van der Waals surface area contributed by atoms with Crippen LogP contribution in [0.4, 0.5) is 11.4 Å². The first kappa shape index (κ1) is 18.3. The average molecular weight is 363 g/mol. The second-order valence-corrected chi connectivity index (χ2v) is 6.09. The van der Waals surface area contributed by atoms with Gasteiger partial charge in [0.1, 0.15) is 18.1 Å². The van der Waals surface area contributed by atoms with Crippen molar-refractivity contribution in [3.05, 3.63) is 83.9 Å². The molecule has 5 heteroatoms. The third kappa shape index (κ3) is 5.51. The fraction of sp³-hybridized carbons (Fsp3) is 0.136. The van der Waals surface area contributed by atoms with Gasteiger partial charge in [-0.25, -0.2) is 4.79 Å². The van der Waals surface area contributed by atoms with Crippen molar-refractivity contribution in [1.29, 1.82) is 0 Å². The molecule has 0 heterocycles. The molecule has 2 N–H and O–H groups in total. The van der Waals surface area contributed by atoms with Crippen molar-refractivity contribution in [2.24, 2.45) is 0 Å². The van der Waals surface area contributed by atoms with E-state index in [0.717, 1.165) is 28.3 Å². The quantitative estimate of drug-likeness (QED) is 0.603. The summed E-state index contributed by atoms with van der Waals surface area (Å²) in [6, 6.07) is 23.1. The van der Waals surface area contributed by atoms with Gasteiger partial charge in [-0.3, -0.25) is 0 Å². The topological polar surface area (TPSA) is 67.8 Å². The van der Waals surface area contributed by atoms with Crippen LogP contribution in [-0.4, -0.2) is 17.7 Å². The maximum atomic E-state index is 10.6. The lowest BCUT2D eigenvalue weighted by Crippen LogP contribution is -2.09. The number of carboxylic acid groups (broad SMARTS) is 1. The van der Waals surface area contributed by atoms with Crippen LogP contribution in [0, 0.1) is 6.92 Å². The number of anilines is 2. The first-order chi connectivity index (χ1) is 13.1. The molecule has 0 spiro atoms. The van der Waals surface area contributed by atoms with E-state index in [1.807, 2.05) is 67.6 Å². The van der Waals surface area contributed by atoms with Gasteiger partial charge in [-0.05, 0) is 48.4 Å². The van der Waals surface area contributed by atoms with Crippen LogP contribution in [0.1, 0.15) is 11.1 Å². The predicted molar refractivity (Wildman–Crippen MR) is 105 cm³/mol. The highest BCUT2D eigenvalue weighted by molar-refractivity contribution is 5.69. The smallest absolute Gasteiger partial charge is 0.341 e. The van der Waals surface area contributed by atoms with E-state index in [1.165, 1.54) is 0 Å². The molecule has 0 atom stereocenters. The van der Waals surface area contributed by atoms with Gasteiger partial charge >= 0.3 is 5.97 Å². The van der Waals surface area contributed by atoms with Gasteiger partial charge in [0.2, 0.25) is 0 Å². The summed E-state index contributed by atoms with van der Waals surface area (Å²) in [5.41, 5.74) is 3.92. The van der Waals surface area contributed by atoms with Crippen LogP contribution in [0.2, 0.25) is 0 Å². The Morgan fingerprint density at radius 3 is 2.44 bits per heavy atom. The Labute approximate surface area is 158 Å². The molecule has 0 bridgehead atoms. The fourth-order valence-electron chi connectivity index (χ4n) is 2.57. The number of ether oxygens (including phenoxy) is 2. The molecule has 27 heavy (non-hydrogen) atoms. The number of aliphatic carboxylic acids is 1. The fourth-order valence-corrected chi connectivity index (χ4v) is 2.57. The maximum Gasteiger partial charge on any atom is 0.341 e. The van der Waals surface area contributed by atoms with Crippen LogP contribution >= 0.6 is 0 Å². The van der Waals surface area contributed by atoms with Gasteiger partial charge < -0.3 is 19.9 Å².